The Morgan fingerprint density at radius 2 is 1.73 bits per heavy atom. The summed E-state index contributed by atoms with van der Waals surface area (Å²) in [6, 6.07) is 2.36. The summed E-state index contributed by atoms with van der Waals surface area (Å²) in [5, 5.41) is 9.00. The fraction of sp³-hybridized carbons (Fsp3) is 0.588. The Balaban J connectivity index is 2.27. The number of carboxylic acid groups (broad SMARTS) is 1. The predicted molar refractivity (Wildman–Crippen MR) is 89.2 cm³/mol. The number of hydrogen-bond donors (Lipinski definition) is 1. The third kappa shape index (κ3) is 6.77. The molecule has 0 unspecified atom stereocenters. The van der Waals surface area contributed by atoms with Gasteiger partial charge in [0.2, 0.25) is 0 Å². The van der Waals surface area contributed by atoms with Crippen molar-refractivity contribution in [3.63, 3.8) is 0 Å². The Morgan fingerprint density at radius 1 is 1.14 bits per heavy atom. The fourth-order valence-corrected chi connectivity index (χ4v) is 2.71. The molecule has 1 rings (SSSR count). The maximum atomic E-state index is 13.7. The maximum Gasteiger partial charge on any atom is 0.336 e. The Morgan fingerprint density at radius 3 is 2.32 bits per heavy atom. The summed E-state index contributed by atoms with van der Waals surface area (Å²) in [6.45, 7) is 2.61. The van der Waals surface area contributed by atoms with Crippen LogP contribution in [0.25, 0.3) is 0 Å². The van der Waals surface area contributed by atoms with Gasteiger partial charge in [0, 0.05) is 4.47 Å². The summed E-state index contributed by atoms with van der Waals surface area (Å²) in [5.74, 6) is -1.65. The van der Waals surface area contributed by atoms with Crippen LogP contribution in [0, 0.1) is 5.82 Å². The highest BCUT2D eigenvalue weighted by Gasteiger charge is 2.14. The van der Waals surface area contributed by atoms with Crippen molar-refractivity contribution in [2.75, 3.05) is 6.61 Å². The van der Waals surface area contributed by atoms with Gasteiger partial charge in [-0.2, -0.15) is 0 Å². The molecule has 0 aliphatic rings. The number of aromatic carboxylic acids is 1. The van der Waals surface area contributed by atoms with Crippen LogP contribution in [-0.4, -0.2) is 17.7 Å². The summed E-state index contributed by atoms with van der Waals surface area (Å²) in [5.41, 5.74) is 0.00678. The molecule has 0 saturated carbocycles. The maximum absolute atomic E-state index is 13.7. The van der Waals surface area contributed by atoms with E-state index in [1.807, 2.05) is 0 Å². The average Bonchev–Trinajstić information content (AvgIpc) is 2.47. The Labute approximate surface area is 140 Å². The van der Waals surface area contributed by atoms with Crippen LogP contribution in [0.1, 0.15) is 68.6 Å². The number of benzene rings is 1. The van der Waals surface area contributed by atoms with Crippen molar-refractivity contribution in [1.29, 1.82) is 0 Å². The smallest absolute Gasteiger partial charge is 0.336 e. The van der Waals surface area contributed by atoms with Crippen LogP contribution in [0.2, 0.25) is 0 Å². The second-order valence-corrected chi connectivity index (χ2v) is 6.25. The van der Waals surface area contributed by atoms with E-state index in [9.17, 15) is 9.18 Å². The van der Waals surface area contributed by atoms with Crippen LogP contribution in [0.15, 0.2) is 16.6 Å². The van der Waals surface area contributed by atoms with E-state index in [1.165, 1.54) is 38.2 Å². The molecule has 22 heavy (non-hydrogen) atoms. The Hall–Kier alpha value is -1.10. The van der Waals surface area contributed by atoms with E-state index in [0.717, 1.165) is 25.3 Å². The van der Waals surface area contributed by atoms with Gasteiger partial charge in [-0.1, -0.05) is 51.9 Å². The molecule has 0 spiro atoms. The summed E-state index contributed by atoms with van der Waals surface area (Å²) in [4.78, 5) is 11.0. The lowest BCUT2D eigenvalue weighted by Gasteiger charge is -2.09. The van der Waals surface area contributed by atoms with Gasteiger partial charge in [-0.05, 0) is 34.5 Å². The minimum Gasteiger partial charge on any atom is -0.490 e. The number of halogens is 2. The first kappa shape index (κ1) is 18.9. The highest BCUT2D eigenvalue weighted by molar-refractivity contribution is 9.10. The number of unbranched alkanes of at least 4 members (excludes halogenated alkanes) is 7. The van der Waals surface area contributed by atoms with Gasteiger partial charge >= 0.3 is 5.97 Å². The van der Waals surface area contributed by atoms with Crippen LogP contribution in [0.4, 0.5) is 4.39 Å². The molecule has 0 amide bonds. The second-order valence-electron chi connectivity index (χ2n) is 5.39. The van der Waals surface area contributed by atoms with E-state index < -0.39 is 11.8 Å². The van der Waals surface area contributed by atoms with E-state index in [4.69, 9.17) is 9.84 Å². The topological polar surface area (TPSA) is 46.5 Å². The van der Waals surface area contributed by atoms with Gasteiger partial charge in [0.05, 0.1) is 12.2 Å². The van der Waals surface area contributed by atoms with Crippen molar-refractivity contribution < 1.29 is 19.0 Å². The monoisotopic (exact) mass is 374 g/mol. The SMILES string of the molecule is CCCCCCCCCCOc1cc(C(=O)O)c(Br)cc1F. The number of ether oxygens (including phenoxy) is 1. The van der Waals surface area contributed by atoms with E-state index in [2.05, 4.69) is 22.9 Å². The number of carbonyl (C=O) groups is 1. The summed E-state index contributed by atoms with van der Waals surface area (Å²) in [6.07, 6.45) is 9.43. The van der Waals surface area contributed by atoms with Gasteiger partial charge in [-0.15, -0.1) is 0 Å². The zero-order valence-corrected chi connectivity index (χ0v) is 14.6. The van der Waals surface area contributed by atoms with Gasteiger partial charge in [0.25, 0.3) is 0 Å². The van der Waals surface area contributed by atoms with Crippen molar-refractivity contribution in [3.05, 3.63) is 28.0 Å². The zero-order valence-electron chi connectivity index (χ0n) is 13.0. The standard InChI is InChI=1S/C17H24BrFO3/c1-2-3-4-5-6-7-8-9-10-22-16-11-13(17(20)21)14(18)12-15(16)19/h11-12H,2-10H2,1H3,(H,20,21). The first-order chi connectivity index (χ1) is 10.6. The Kier molecular flexibility index (Phi) is 9.13. The number of rotatable bonds is 11. The van der Waals surface area contributed by atoms with Crippen LogP contribution < -0.4 is 4.74 Å². The highest BCUT2D eigenvalue weighted by atomic mass is 79.9. The normalized spacial score (nSPS) is 10.7. The molecule has 0 atom stereocenters. The third-order valence-corrected chi connectivity index (χ3v) is 4.16. The van der Waals surface area contributed by atoms with E-state index in [0.29, 0.717) is 6.61 Å². The van der Waals surface area contributed by atoms with Crippen molar-refractivity contribution in [2.24, 2.45) is 0 Å². The van der Waals surface area contributed by atoms with Gasteiger partial charge in [-0.25, -0.2) is 9.18 Å². The lowest BCUT2D eigenvalue weighted by atomic mass is 10.1. The summed E-state index contributed by atoms with van der Waals surface area (Å²) in [7, 11) is 0. The van der Waals surface area contributed by atoms with Crippen LogP contribution in [0.5, 0.6) is 5.75 Å². The van der Waals surface area contributed by atoms with Gasteiger partial charge < -0.3 is 9.84 Å². The van der Waals surface area contributed by atoms with E-state index >= 15 is 0 Å². The fourth-order valence-electron chi connectivity index (χ4n) is 2.22. The minimum atomic E-state index is -1.11. The molecule has 0 aliphatic heterocycles. The Bertz CT molecular complexity index is 477. The molecular weight excluding hydrogens is 351 g/mol. The van der Waals surface area contributed by atoms with Crippen molar-refractivity contribution in [1.82, 2.24) is 0 Å². The van der Waals surface area contributed by atoms with Crippen LogP contribution in [0.3, 0.4) is 0 Å². The average molecular weight is 375 g/mol. The van der Waals surface area contributed by atoms with Gasteiger partial charge in [-0.3, -0.25) is 0 Å². The number of carboxylic acids is 1. The minimum absolute atomic E-state index is 0.00328. The van der Waals surface area contributed by atoms with Crippen LogP contribution in [-0.2, 0) is 0 Å². The van der Waals surface area contributed by atoms with Gasteiger partial charge in [0.15, 0.2) is 11.6 Å². The van der Waals surface area contributed by atoms with Crippen molar-refractivity contribution in [2.45, 2.75) is 58.3 Å². The first-order valence-electron chi connectivity index (χ1n) is 7.91. The summed E-state index contributed by atoms with van der Waals surface area (Å²) < 4.78 is 19.3. The molecule has 0 radical (unpaired) electrons. The van der Waals surface area contributed by atoms with Gasteiger partial charge in [0.1, 0.15) is 0 Å². The second kappa shape index (κ2) is 10.6. The molecule has 0 bridgehead atoms. The van der Waals surface area contributed by atoms with Crippen LogP contribution >= 0.6 is 15.9 Å². The quantitative estimate of drug-likeness (QED) is 0.497. The zero-order chi connectivity index (χ0) is 16.4. The molecule has 1 N–H and O–H groups in total. The first-order valence-corrected chi connectivity index (χ1v) is 8.70. The molecule has 124 valence electrons. The third-order valence-electron chi connectivity index (χ3n) is 3.51. The molecule has 1 aromatic rings. The van der Waals surface area contributed by atoms with Crippen molar-refractivity contribution in [3.8, 4) is 5.75 Å². The molecule has 5 heteroatoms. The lowest BCUT2D eigenvalue weighted by Crippen LogP contribution is -2.03. The highest BCUT2D eigenvalue weighted by Crippen LogP contribution is 2.26. The van der Waals surface area contributed by atoms with E-state index in [1.54, 1.807) is 0 Å². The van der Waals surface area contributed by atoms with E-state index in [-0.39, 0.29) is 15.8 Å². The molecule has 1 aromatic carbocycles. The lowest BCUT2D eigenvalue weighted by molar-refractivity contribution is 0.0695. The molecular formula is C17H24BrFO3. The molecule has 0 saturated heterocycles. The molecule has 3 nitrogen and oxygen atoms in total. The molecule has 0 aliphatic carbocycles. The summed E-state index contributed by atoms with van der Waals surface area (Å²) >= 11 is 3.03. The molecule has 0 aromatic heterocycles. The largest absolute Gasteiger partial charge is 0.490 e. The predicted octanol–water partition coefficient (Wildman–Crippen LogP) is 5.81. The number of hydrogen-bond acceptors (Lipinski definition) is 2. The molecule has 0 fully saturated rings. The molecule has 0 heterocycles. The van der Waals surface area contributed by atoms with Crippen molar-refractivity contribution >= 4 is 21.9 Å².